The minimum absolute atomic E-state index is 0.425. The highest BCUT2D eigenvalue weighted by Crippen LogP contribution is 2.19. The van der Waals surface area contributed by atoms with Crippen LogP contribution in [-0.2, 0) is 0 Å². The fourth-order valence-corrected chi connectivity index (χ4v) is 1.29. The van der Waals surface area contributed by atoms with Crippen molar-refractivity contribution in [3.05, 3.63) is 54.6 Å². The van der Waals surface area contributed by atoms with E-state index >= 15 is 0 Å². The van der Waals surface area contributed by atoms with Crippen LogP contribution in [0.15, 0.2) is 54.6 Å². The van der Waals surface area contributed by atoms with Gasteiger partial charge in [-0.2, -0.15) is 0 Å². The first-order valence-electron chi connectivity index (χ1n) is 4.62. The van der Waals surface area contributed by atoms with Gasteiger partial charge < -0.3 is 10.2 Å². The molecule has 0 radical (unpaired) electrons. The first-order chi connectivity index (χ1) is 7.38. The molecule has 0 aliphatic carbocycles. The van der Waals surface area contributed by atoms with Gasteiger partial charge in [-0.25, -0.2) is 5.26 Å². The second-order valence-electron chi connectivity index (χ2n) is 3.11. The summed E-state index contributed by atoms with van der Waals surface area (Å²) in [4.78, 5) is 4.09. The van der Waals surface area contributed by atoms with Crippen LogP contribution in [0.2, 0.25) is 0 Å². The molecule has 0 fully saturated rings. The number of nitrogens with one attached hydrogen (secondary N) is 1. The number of anilines is 2. The summed E-state index contributed by atoms with van der Waals surface area (Å²) in [5.41, 5.74) is 1.97. The summed E-state index contributed by atoms with van der Waals surface area (Å²) < 4.78 is 0. The van der Waals surface area contributed by atoms with E-state index in [0.29, 0.717) is 5.75 Å². The average Bonchev–Trinajstić information content (AvgIpc) is 2.31. The summed E-state index contributed by atoms with van der Waals surface area (Å²) in [6.07, 6.45) is 0. The minimum Gasteiger partial charge on any atom is -0.356 e. The highest BCUT2D eigenvalue weighted by Gasteiger charge is 1.95. The van der Waals surface area contributed by atoms with Gasteiger partial charge >= 0.3 is 0 Å². The Hall–Kier alpha value is -2.00. The van der Waals surface area contributed by atoms with E-state index in [1.54, 1.807) is 12.1 Å². The lowest BCUT2D eigenvalue weighted by Gasteiger charge is -2.05. The van der Waals surface area contributed by atoms with E-state index in [2.05, 4.69) is 10.2 Å². The summed E-state index contributed by atoms with van der Waals surface area (Å²) in [6.45, 7) is 0. The monoisotopic (exact) mass is 201 g/mol. The number of para-hydroxylation sites is 1. The van der Waals surface area contributed by atoms with Gasteiger partial charge in [0.1, 0.15) is 0 Å². The zero-order valence-corrected chi connectivity index (χ0v) is 8.05. The summed E-state index contributed by atoms with van der Waals surface area (Å²) in [6, 6.07) is 16.9. The molecule has 0 aliphatic rings. The third-order valence-corrected chi connectivity index (χ3v) is 2.02. The first kappa shape index (κ1) is 9.55. The topological polar surface area (TPSA) is 41.5 Å². The lowest BCUT2D eigenvalue weighted by atomic mass is 10.2. The van der Waals surface area contributed by atoms with Crippen LogP contribution < -0.4 is 10.2 Å². The molecule has 0 heterocycles. The smallest absolute Gasteiger partial charge is 0.165 e. The molecular weight excluding hydrogens is 190 g/mol. The Morgan fingerprint density at radius 1 is 0.800 bits per heavy atom. The quantitative estimate of drug-likeness (QED) is 0.591. The van der Waals surface area contributed by atoms with E-state index in [0.717, 1.165) is 11.4 Å². The van der Waals surface area contributed by atoms with Gasteiger partial charge in [-0.05, 0) is 36.4 Å². The third-order valence-electron chi connectivity index (χ3n) is 2.02. The SMILES string of the molecule is OOc1ccc(Nc2ccccc2)cc1. The van der Waals surface area contributed by atoms with Crippen molar-refractivity contribution in [2.24, 2.45) is 0 Å². The molecule has 0 unspecified atom stereocenters. The van der Waals surface area contributed by atoms with E-state index in [-0.39, 0.29) is 0 Å². The van der Waals surface area contributed by atoms with E-state index in [1.807, 2.05) is 42.5 Å². The fraction of sp³-hybridized carbons (Fsp3) is 0. The molecule has 2 aromatic carbocycles. The normalized spacial score (nSPS) is 9.67. The number of rotatable bonds is 3. The van der Waals surface area contributed by atoms with Crippen LogP contribution in [-0.4, -0.2) is 5.26 Å². The number of hydrogen-bond donors (Lipinski definition) is 2. The summed E-state index contributed by atoms with van der Waals surface area (Å²) in [5, 5.41) is 11.6. The molecule has 2 rings (SSSR count). The Morgan fingerprint density at radius 2 is 1.40 bits per heavy atom. The largest absolute Gasteiger partial charge is 0.356 e. The van der Waals surface area contributed by atoms with E-state index in [9.17, 15) is 0 Å². The molecular formula is C12H11NO2. The maximum absolute atomic E-state index is 8.40. The van der Waals surface area contributed by atoms with Gasteiger partial charge in [-0.3, -0.25) is 0 Å². The molecule has 76 valence electrons. The summed E-state index contributed by atoms with van der Waals surface area (Å²) in [7, 11) is 0. The van der Waals surface area contributed by atoms with Crippen molar-refractivity contribution in [2.45, 2.75) is 0 Å². The van der Waals surface area contributed by atoms with Crippen molar-refractivity contribution in [1.29, 1.82) is 0 Å². The molecule has 0 bridgehead atoms. The van der Waals surface area contributed by atoms with E-state index < -0.39 is 0 Å². The Balaban J connectivity index is 2.11. The lowest BCUT2D eigenvalue weighted by molar-refractivity contribution is -0.137. The van der Waals surface area contributed by atoms with Crippen LogP contribution in [0.4, 0.5) is 11.4 Å². The van der Waals surface area contributed by atoms with Crippen LogP contribution in [0.5, 0.6) is 5.75 Å². The molecule has 0 saturated heterocycles. The Kier molecular flexibility index (Phi) is 2.85. The lowest BCUT2D eigenvalue weighted by Crippen LogP contribution is -1.89. The summed E-state index contributed by atoms with van der Waals surface area (Å²) >= 11 is 0. The highest BCUT2D eigenvalue weighted by molar-refractivity contribution is 5.59. The van der Waals surface area contributed by atoms with E-state index in [4.69, 9.17) is 5.26 Å². The van der Waals surface area contributed by atoms with Gasteiger partial charge in [-0.15, -0.1) is 0 Å². The Bertz CT molecular complexity index is 411. The van der Waals surface area contributed by atoms with Crippen molar-refractivity contribution in [2.75, 3.05) is 5.32 Å². The van der Waals surface area contributed by atoms with Crippen LogP contribution in [0, 0.1) is 0 Å². The van der Waals surface area contributed by atoms with Gasteiger partial charge in [0.05, 0.1) is 0 Å². The highest BCUT2D eigenvalue weighted by atomic mass is 17.1. The van der Waals surface area contributed by atoms with Crippen molar-refractivity contribution in [3.63, 3.8) is 0 Å². The molecule has 3 nitrogen and oxygen atoms in total. The fourth-order valence-electron chi connectivity index (χ4n) is 1.29. The molecule has 0 amide bonds. The van der Waals surface area contributed by atoms with Gasteiger partial charge in [0.25, 0.3) is 0 Å². The zero-order valence-electron chi connectivity index (χ0n) is 8.05. The second kappa shape index (κ2) is 4.48. The predicted octanol–water partition coefficient (Wildman–Crippen LogP) is 3.28. The van der Waals surface area contributed by atoms with Crippen LogP contribution >= 0.6 is 0 Å². The molecule has 0 spiro atoms. The second-order valence-corrected chi connectivity index (χ2v) is 3.11. The summed E-state index contributed by atoms with van der Waals surface area (Å²) in [5.74, 6) is 0.425. The zero-order chi connectivity index (χ0) is 10.5. The minimum atomic E-state index is 0.425. The molecule has 0 aliphatic heterocycles. The van der Waals surface area contributed by atoms with Crippen molar-refractivity contribution < 1.29 is 10.1 Å². The van der Waals surface area contributed by atoms with Crippen LogP contribution in [0.3, 0.4) is 0 Å². The molecule has 0 aromatic heterocycles. The molecule has 2 aromatic rings. The number of hydrogen-bond acceptors (Lipinski definition) is 3. The molecule has 15 heavy (non-hydrogen) atoms. The Morgan fingerprint density at radius 3 is 2.00 bits per heavy atom. The van der Waals surface area contributed by atoms with E-state index in [1.165, 1.54) is 0 Å². The van der Waals surface area contributed by atoms with Gasteiger partial charge in [0.2, 0.25) is 0 Å². The molecule has 3 heteroatoms. The first-order valence-corrected chi connectivity index (χ1v) is 4.62. The Labute approximate surface area is 87.9 Å². The standard InChI is InChI=1S/C12H11NO2/c14-15-12-8-6-11(7-9-12)13-10-4-2-1-3-5-10/h1-9,13-14H. The van der Waals surface area contributed by atoms with Gasteiger partial charge in [0.15, 0.2) is 5.75 Å². The number of benzene rings is 2. The van der Waals surface area contributed by atoms with Crippen molar-refractivity contribution in [1.82, 2.24) is 0 Å². The van der Waals surface area contributed by atoms with Gasteiger partial charge in [-0.1, -0.05) is 18.2 Å². The van der Waals surface area contributed by atoms with Crippen molar-refractivity contribution in [3.8, 4) is 5.75 Å². The maximum Gasteiger partial charge on any atom is 0.165 e. The van der Waals surface area contributed by atoms with Crippen molar-refractivity contribution >= 4 is 11.4 Å². The molecule has 0 atom stereocenters. The average molecular weight is 201 g/mol. The predicted molar refractivity (Wildman–Crippen MR) is 59.4 cm³/mol. The van der Waals surface area contributed by atoms with Crippen LogP contribution in [0.25, 0.3) is 0 Å². The maximum atomic E-state index is 8.40. The third kappa shape index (κ3) is 2.48. The van der Waals surface area contributed by atoms with Crippen LogP contribution in [0.1, 0.15) is 0 Å². The molecule has 2 N–H and O–H groups in total. The molecule has 0 saturated carbocycles. The van der Waals surface area contributed by atoms with Gasteiger partial charge in [0, 0.05) is 11.4 Å².